The summed E-state index contributed by atoms with van der Waals surface area (Å²) in [5.74, 6) is 2.06. The minimum absolute atomic E-state index is 0.0185. The first kappa shape index (κ1) is 20.5. The molecule has 0 amide bonds. The van der Waals surface area contributed by atoms with Crippen LogP contribution in [0.5, 0.6) is 5.75 Å². The molecule has 6 nitrogen and oxygen atoms in total. The number of imidazole rings is 1. The highest BCUT2D eigenvalue weighted by Gasteiger charge is 2.21. The molecule has 166 valence electrons. The van der Waals surface area contributed by atoms with Crippen molar-refractivity contribution in [3.63, 3.8) is 0 Å². The van der Waals surface area contributed by atoms with Gasteiger partial charge in [0, 0.05) is 10.6 Å². The van der Waals surface area contributed by atoms with Crippen molar-refractivity contribution >= 4 is 44.3 Å². The van der Waals surface area contributed by atoms with E-state index in [1.807, 2.05) is 49.4 Å². The number of ether oxygens (including phenoxy) is 1. The minimum Gasteiger partial charge on any atom is -0.494 e. The van der Waals surface area contributed by atoms with Crippen LogP contribution in [-0.2, 0) is 18.6 Å². The molecule has 1 aliphatic carbocycles. The molecular weight excluding hydrogens is 452 g/mol. The summed E-state index contributed by atoms with van der Waals surface area (Å²) >= 11 is 3.25. The highest BCUT2D eigenvalue weighted by atomic mass is 32.2. The molecule has 3 aromatic heterocycles. The highest BCUT2D eigenvalue weighted by molar-refractivity contribution is 7.98. The minimum atomic E-state index is -0.0185. The van der Waals surface area contributed by atoms with E-state index in [9.17, 15) is 4.79 Å². The number of aromatic nitrogens is 4. The average molecular weight is 475 g/mol. The molecule has 0 unspecified atom stereocenters. The zero-order chi connectivity index (χ0) is 22.4. The van der Waals surface area contributed by atoms with Gasteiger partial charge in [0.1, 0.15) is 16.4 Å². The number of fused-ring (bicyclic) bond motifs is 4. The summed E-state index contributed by atoms with van der Waals surface area (Å²) in [7, 11) is 0. The molecule has 0 fully saturated rings. The van der Waals surface area contributed by atoms with Crippen LogP contribution in [0.1, 0.15) is 29.6 Å². The van der Waals surface area contributed by atoms with Gasteiger partial charge in [-0.15, -0.1) is 11.3 Å². The topological polar surface area (TPSA) is 72.8 Å². The first-order valence-electron chi connectivity index (χ1n) is 11.1. The summed E-state index contributed by atoms with van der Waals surface area (Å²) in [6, 6.07) is 16.1. The molecule has 0 aliphatic heterocycles. The van der Waals surface area contributed by atoms with E-state index in [0.717, 1.165) is 57.1 Å². The molecule has 6 rings (SSSR count). The van der Waals surface area contributed by atoms with Crippen LogP contribution in [0.25, 0.3) is 26.9 Å². The van der Waals surface area contributed by atoms with Crippen LogP contribution in [0.15, 0.2) is 58.5 Å². The number of nitrogens with zero attached hydrogens (tertiary/aromatic N) is 3. The fraction of sp³-hybridized carbons (Fsp3) is 0.240. The van der Waals surface area contributed by atoms with Crippen molar-refractivity contribution in [2.75, 3.05) is 6.61 Å². The van der Waals surface area contributed by atoms with Crippen LogP contribution in [0.4, 0.5) is 0 Å². The molecule has 2 aromatic carbocycles. The maximum atomic E-state index is 12.8. The van der Waals surface area contributed by atoms with Crippen LogP contribution in [-0.4, -0.2) is 26.1 Å². The number of thiophene rings is 1. The van der Waals surface area contributed by atoms with E-state index in [-0.39, 0.29) is 5.56 Å². The van der Waals surface area contributed by atoms with Crippen LogP contribution in [0, 0.1) is 0 Å². The molecule has 33 heavy (non-hydrogen) atoms. The van der Waals surface area contributed by atoms with E-state index in [1.165, 1.54) is 10.4 Å². The standard InChI is InChI=1S/C25H22N4O2S2/c1-2-31-16-12-10-15(11-13-16)29-19-8-4-3-7-18(19)26-25(29)32-14-21-27-23(30)22-17-6-5-9-20(17)33-24(22)28-21/h3-4,7-8,10-13H,2,5-6,9,14H2,1H3,(H,27,28,30). The lowest BCUT2D eigenvalue weighted by Gasteiger charge is -2.10. The quantitative estimate of drug-likeness (QED) is 0.329. The summed E-state index contributed by atoms with van der Waals surface area (Å²) in [6.07, 6.45) is 3.18. The number of aryl methyl sites for hydroxylation is 2. The lowest BCUT2D eigenvalue weighted by atomic mass is 10.2. The fourth-order valence-corrected chi connectivity index (χ4v) is 6.64. The average Bonchev–Trinajstić information content (AvgIpc) is 3.51. The van der Waals surface area contributed by atoms with Crippen LogP contribution >= 0.6 is 23.1 Å². The number of thioether (sulfide) groups is 1. The second kappa shape index (κ2) is 8.35. The molecule has 8 heteroatoms. The lowest BCUT2D eigenvalue weighted by molar-refractivity contribution is 0.340. The Labute approximate surface area is 198 Å². The Morgan fingerprint density at radius 1 is 1.12 bits per heavy atom. The molecule has 0 saturated heterocycles. The number of hydrogen-bond donors (Lipinski definition) is 1. The number of hydrogen-bond acceptors (Lipinski definition) is 6. The van der Waals surface area contributed by atoms with Gasteiger partial charge in [0.05, 0.1) is 28.8 Å². The van der Waals surface area contributed by atoms with Crippen LogP contribution in [0.2, 0.25) is 0 Å². The van der Waals surface area contributed by atoms with Crippen molar-refractivity contribution in [1.29, 1.82) is 0 Å². The van der Waals surface area contributed by atoms with Crippen molar-refractivity contribution in [2.45, 2.75) is 37.1 Å². The van der Waals surface area contributed by atoms with E-state index in [2.05, 4.69) is 15.6 Å². The van der Waals surface area contributed by atoms with E-state index in [0.29, 0.717) is 18.2 Å². The molecule has 1 N–H and O–H groups in total. The molecular formula is C25H22N4O2S2. The molecule has 0 spiro atoms. The van der Waals surface area contributed by atoms with Crippen molar-refractivity contribution in [3.8, 4) is 11.4 Å². The van der Waals surface area contributed by atoms with E-state index in [4.69, 9.17) is 14.7 Å². The predicted molar refractivity (Wildman–Crippen MR) is 134 cm³/mol. The Morgan fingerprint density at radius 2 is 1.97 bits per heavy atom. The highest BCUT2D eigenvalue weighted by Crippen LogP contribution is 2.35. The van der Waals surface area contributed by atoms with E-state index < -0.39 is 0 Å². The normalized spacial score (nSPS) is 13.1. The summed E-state index contributed by atoms with van der Waals surface area (Å²) in [4.78, 5) is 27.7. The number of nitrogens with one attached hydrogen (secondary N) is 1. The third-order valence-corrected chi connectivity index (χ3v) is 8.03. The first-order chi connectivity index (χ1) is 16.2. The van der Waals surface area contributed by atoms with Gasteiger partial charge >= 0.3 is 0 Å². The number of benzene rings is 2. The maximum Gasteiger partial charge on any atom is 0.259 e. The molecule has 3 heterocycles. The Balaban J connectivity index is 1.35. The van der Waals surface area contributed by atoms with Crippen molar-refractivity contribution in [3.05, 3.63) is 75.1 Å². The van der Waals surface area contributed by atoms with Gasteiger partial charge in [-0.25, -0.2) is 9.97 Å². The van der Waals surface area contributed by atoms with Gasteiger partial charge in [0.2, 0.25) is 0 Å². The van der Waals surface area contributed by atoms with Crippen molar-refractivity contribution in [1.82, 2.24) is 19.5 Å². The SMILES string of the molecule is CCOc1ccc(-n2c(SCc3nc4sc5c(c4c(=O)[nH]3)CCC5)nc3ccccc32)cc1. The molecule has 1 aliphatic rings. The van der Waals surface area contributed by atoms with Gasteiger partial charge in [-0.05, 0) is 68.1 Å². The zero-order valence-corrected chi connectivity index (χ0v) is 19.8. The number of H-pyrrole nitrogens is 1. The van der Waals surface area contributed by atoms with Gasteiger partial charge < -0.3 is 9.72 Å². The Morgan fingerprint density at radius 3 is 2.82 bits per heavy atom. The molecule has 0 bridgehead atoms. The number of rotatable bonds is 6. The van der Waals surface area contributed by atoms with Crippen molar-refractivity contribution < 1.29 is 4.74 Å². The Kier molecular flexibility index (Phi) is 5.19. The second-order valence-corrected chi connectivity index (χ2v) is 10.0. The summed E-state index contributed by atoms with van der Waals surface area (Å²) < 4.78 is 7.74. The Hall–Kier alpha value is -3.10. The Bertz CT molecular complexity index is 1530. The lowest BCUT2D eigenvalue weighted by Crippen LogP contribution is -2.11. The molecule has 0 atom stereocenters. The van der Waals surface area contributed by atoms with E-state index >= 15 is 0 Å². The van der Waals surface area contributed by atoms with E-state index in [1.54, 1.807) is 23.1 Å². The molecule has 5 aromatic rings. The molecule has 0 radical (unpaired) electrons. The monoisotopic (exact) mass is 474 g/mol. The first-order valence-corrected chi connectivity index (χ1v) is 12.9. The third kappa shape index (κ3) is 3.63. The van der Waals surface area contributed by atoms with Gasteiger partial charge in [-0.2, -0.15) is 0 Å². The van der Waals surface area contributed by atoms with Gasteiger partial charge in [-0.3, -0.25) is 9.36 Å². The number of para-hydroxylation sites is 2. The summed E-state index contributed by atoms with van der Waals surface area (Å²) in [5.41, 5.74) is 4.17. The molecule has 0 saturated carbocycles. The van der Waals surface area contributed by atoms with Gasteiger partial charge in [-0.1, -0.05) is 23.9 Å². The predicted octanol–water partition coefficient (Wildman–Crippen LogP) is 5.50. The van der Waals surface area contributed by atoms with Gasteiger partial charge in [0.15, 0.2) is 5.16 Å². The maximum absolute atomic E-state index is 12.8. The third-order valence-electron chi connectivity index (χ3n) is 5.90. The number of aromatic amines is 1. The van der Waals surface area contributed by atoms with Crippen LogP contribution < -0.4 is 10.3 Å². The van der Waals surface area contributed by atoms with Crippen molar-refractivity contribution in [2.24, 2.45) is 0 Å². The second-order valence-electron chi connectivity index (χ2n) is 7.98. The largest absolute Gasteiger partial charge is 0.494 e. The zero-order valence-electron chi connectivity index (χ0n) is 18.1. The van der Waals surface area contributed by atoms with Crippen LogP contribution in [0.3, 0.4) is 0 Å². The smallest absolute Gasteiger partial charge is 0.259 e. The fourth-order valence-electron chi connectivity index (χ4n) is 4.46. The summed E-state index contributed by atoms with van der Waals surface area (Å²) in [6.45, 7) is 2.61. The van der Waals surface area contributed by atoms with Gasteiger partial charge in [0.25, 0.3) is 5.56 Å². The summed E-state index contributed by atoms with van der Waals surface area (Å²) in [5, 5.41) is 1.65.